The van der Waals surface area contributed by atoms with Crippen molar-refractivity contribution in [2.24, 2.45) is 0 Å². The Labute approximate surface area is 189 Å². The summed E-state index contributed by atoms with van der Waals surface area (Å²) in [4.78, 5) is -0.170. The Hall–Kier alpha value is -2.55. The lowest BCUT2D eigenvalue weighted by Crippen LogP contribution is -2.35. The zero-order chi connectivity index (χ0) is 23.5. The van der Waals surface area contributed by atoms with Gasteiger partial charge in [0.2, 0.25) is 0 Å². The van der Waals surface area contributed by atoms with Gasteiger partial charge in [-0.2, -0.15) is 0 Å². The van der Waals surface area contributed by atoms with Crippen molar-refractivity contribution in [2.45, 2.75) is 30.7 Å². The minimum absolute atomic E-state index is 0.143. The van der Waals surface area contributed by atoms with E-state index < -0.39 is 39.2 Å². The number of benzene rings is 3. The van der Waals surface area contributed by atoms with Crippen molar-refractivity contribution in [2.75, 3.05) is 10.9 Å². The van der Waals surface area contributed by atoms with E-state index in [0.717, 1.165) is 22.5 Å². The van der Waals surface area contributed by atoms with Crippen LogP contribution in [0.15, 0.2) is 65.6 Å². The number of aliphatic hydroxyl groups is 1. The van der Waals surface area contributed by atoms with Crippen LogP contribution in [0.3, 0.4) is 0 Å². The number of rotatable bonds is 8. The van der Waals surface area contributed by atoms with Crippen LogP contribution in [-0.2, 0) is 16.4 Å². The average Bonchev–Trinajstić information content (AvgIpc) is 2.75. The largest absolute Gasteiger partial charge is 0.396 e. The summed E-state index contributed by atoms with van der Waals surface area (Å²) >= 11 is 5.87. The molecule has 0 saturated heterocycles. The number of aliphatic hydroxyl groups excluding tert-OH is 1. The van der Waals surface area contributed by atoms with Gasteiger partial charge in [-0.1, -0.05) is 17.7 Å². The van der Waals surface area contributed by atoms with Gasteiger partial charge in [0.15, 0.2) is 0 Å². The Morgan fingerprint density at radius 3 is 2.25 bits per heavy atom. The molecule has 0 aliphatic rings. The predicted octanol–water partition coefficient (Wildman–Crippen LogP) is 5.64. The summed E-state index contributed by atoms with van der Waals surface area (Å²) in [6.45, 7) is 1.36. The van der Waals surface area contributed by atoms with Crippen LogP contribution >= 0.6 is 11.6 Å². The molecular weight excluding hydrogens is 463 g/mol. The second kappa shape index (κ2) is 9.94. The summed E-state index contributed by atoms with van der Waals surface area (Å²) in [5.74, 6) is -2.28. The van der Waals surface area contributed by atoms with E-state index in [-0.39, 0.29) is 17.9 Å². The molecule has 0 spiro atoms. The third kappa shape index (κ3) is 5.09. The zero-order valence-electron chi connectivity index (χ0n) is 17.1. The normalized spacial score (nSPS) is 12.6. The molecular formula is C23H21ClF3NO3S. The maximum Gasteiger partial charge on any atom is 0.264 e. The van der Waals surface area contributed by atoms with Crippen LogP contribution in [0.25, 0.3) is 0 Å². The molecule has 4 nitrogen and oxygen atoms in total. The van der Waals surface area contributed by atoms with Gasteiger partial charge in [0.1, 0.15) is 17.5 Å². The number of anilines is 1. The number of halogens is 4. The smallest absolute Gasteiger partial charge is 0.264 e. The molecule has 0 radical (unpaired) electrons. The first-order valence-electron chi connectivity index (χ1n) is 9.79. The van der Waals surface area contributed by atoms with E-state index in [1.54, 1.807) is 0 Å². The third-order valence-electron chi connectivity index (χ3n) is 5.03. The highest BCUT2D eigenvalue weighted by Gasteiger charge is 2.33. The van der Waals surface area contributed by atoms with Gasteiger partial charge >= 0.3 is 0 Å². The number of nitrogens with zero attached hydrogens (tertiary/aromatic N) is 1. The van der Waals surface area contributed by atoms with Crippen LogP contribution in [0.1, 0.15) is 30.5 Å². The van der Waals surface area contributed by atoms with Gasteiger partial charge in [0.25, 0.3) is 10.0 Å². The standard InChI is InChI=1S/C23H21ClF3NO3S/c1-15(21-10-6-18(25)13-16(21)3-2-12-29)28(23-14-19(26)7-11-22(23)27)32(30,31)20-8-4-17(24)5-9-20/h4-11,13-15,29H,2-3,12H2,1H3/t15-/m1/s1. The quantitative estimate of drug-likeness (QED) is 0.451. The van der Waals surface area contributed by atoms with Gasteiger partial charge in [0.05, 0.1) is 16.6 Å². The first-order valence-corrected chi connectivity index (χ1v) is 11.6. The Bertz CT molecular complexity index is 1200. The van der Waals surface area contributed by atoms with E-state index in [4.69, 9.17) is 11.6 Å². The fraction of sp³-hybridized carbons (Fsp3) is 0.217. The topological polar surface area (TPSA) is 57.6 Å². The molecule has 0 aromatic heterocycles. The molecule has 3 aromatic rings. The van der Waals surface area contributed by atoms with Crippen molar-refractivity contribution in [3.8, 4) is 0 Å². The SMILES string of the molecule is C[C@H](c1ccc(F)cc1CCCO)N(c1cc(F)ccc1F)S(=O)(=O)c1ccc(Cl)cc1. The fourth-order valence-corrected chi connectivity index (χ4v) is 5.28. The molecule has 1 atom stereocenters. The second-order valence-electron chi connectivity index (χ2n) is 7.20. The summed E-state index contributed by atoms with van der Waals surface area (Å²) in [6, 6.07) is 10.6. The van der Waals surface area contributed by atoms with E-state index in [1.807, 2.05) is 0 Å². The average molecular weight is 484 g/mol. The second-order valence-corrected chi connectivity index (χ2v) is 9.45. The summed E-state index contributed by atoms with van der Waals surface area (Å²) in [5.41, 5.74) is 0.380. The maximum atomic E-state index is 14.8. The van der Waals surface area contributed by atoms with Crippen LogP contribution in [0.2, 0.25) is 5.02 Å². The van der Waals surface area contributed by atoms with Crippen molar-refractivity contribution in [1.82, 2.24) is 0 Å². The molecule has 9 heteroatoms. The van der Waals surface area contributed by atoms with Gasteiger partial charge in [-0.25, -0.2) is 21.6 Å². The number of hydrogen-bond acceptors (Lipinski definition) is 3. The van der Waals surface area contributed by atoms with Crippen LogP contribution in [-0.4, -0.2) is 20.1 Å². The van der Waals surface area contributed by atoms with Crippen LogP contribution in [0, 0.1) is 17.5 Å². The predicted molar refractivity (Wildman–Crippen MR) is 118 cm³/mol. The van der Waals surface area contributed by atoms with E-state index >= 15 is 0 Å². The van der Waals surface area contributed by atoms with Crippen LogP contribution in [0.5, 0.6) is 0 Å². The monoisotopic (exact) mass is 483 g/mol. The minimum atomic E-state index is -4.38. The van der Waals surface area contributed by atoms with Gasteiger partial charge in [-0.15, -0.1) is 0 Å². The van der Waals surface area contributed by atoms with Crippen molar-refractivity contribution in [1.29, 1.82) is 0 Å². The first kappa shape index (κ1) is 24.1. The lowest BCUT2D eigenvalue weighted by Gasteiger charge is -2.32. The number of sulfonamides is 1. The molecule has 0 heterocycles. The van der Waals surface area contributed by atoms with Gasteiger partial charge in [-0.3, -0.25) is 4.31 Å². The molecule has 32 heavy (non-hydrogen) atoms. The van der Waals surface area contributed by atoms with Crippen LogP contribution < -0.4 is 4.31 Å². The highest BCUT2D eigenvalue weighted by molar-refractivity contribution is 7.92. The Morgan fingerprint density at radius 1 is 0.969 bits per heavy atom. The highest BCUT2D eigenvalue weighted by atomic mass is 35.5. The lowest BCUT2D eigenvalue weighted by atomic mass is 9.97. The summed E-state index contributed by atoms with van der Waals surface area (Å²) in [5, 5.41) is 9.49. The molecule has 0 bridgehead atoms. The molecule has 0 saturated carbocycles. The molecule has 0 fully saturated rings. The first-order chi connectivity index (χ1) is 15.1. The molecule has 3 aromatic carbocycles. The number of hydrogen-bond donors (Lipinski definition) is 1. The van der Waals surface area contributed by atoms with Gasteiger partial charge < -0.3 is 5.11 Å². The van der Waals surface area contributed by atoms with E-state index in [0.29, 0.717) is 22.6 Å². The Kier molecular flexibility index (Phi) is 7.48. The van der Waals surface area contributed by atoms with E-state index in [1.165, 1.54) is 49.4 Å². The molecule has 0 unspecified atom stereocenters. The van der Waals surface area contributed by atoms with Crippen molar-refractivity contribution in [3.05, 3.63) is 94.3 Å². The van der Waals surface area contributed by atoms with E-state index in [2.05, 4.69) is 0 Å². The molecule has 0 aliphatic heterocycles. The molecule has 1 N–H and O–H groups in total. The zero-order valence-corrected chi connectivity index (χ0v) is 18.7. The Morgan fingerprint density at radius 2 is 1.59 bits per heavy atom. The molecule has 0 amide bonds. The minimum Gasteiger partial charge on any atom is -0.396 e. The van der Waals surface area contributed by atoms with Crippen molar-refractivity contribution < 1.29 is 26.7 Å². The summed E-state index contributed by atoms with van der Waals surface area (Å²) in [6.07, 6.45) is 0.593. The highest BCUT2D eigenvalue weighted by Crippen LogP contribution is 2.37. The summed E-state index contributed by atoms with van der Waals surface area (Å²) in [7, 11) is -4.38. The van der Waals surface area contributed by atoms with E-state index in [9.17, 15) is 26.7 Å². The maximum absolute atomic E-state index is 14.8. The fourth-order valence-electron chi connectivity index (χ4n) is 3.52. The van der Waals surface area contributed by atoms with Crippen molar-refractivity contribution in [3.63, 3.8) is 0 Å². The molecule has 0 aliphatic carbocycles. The lowest BCUT2D eigenvalue weighted by molar-refractivity contribution is 0.288. The molecule has 170 valence electrons. The third-order valence-corrected chi connectivity index (χ3v) is 7.18. The number of aryl methyl sites for hydroxylation is 1. The molecule has 3 rings (SSSR count). The Balaban J connectivity index is 2.22. The summed E-state index contributed by atoms with van der Waals surface area (Å²) < 4.78 is 70.7. The van der Waals surface area contributed by atoms with Gasteiger partial charge in [0, 0.05) is 17.7 Å². The van der Waals surface area contributed by atoms with Gasteiger partial charge in [-0.05, 0) is 79.4 Å². The van der Waals surface area contributed by atoms with Crippen molar-refractivity contribution >= 4 is 27.3 Å². The van der Waals surface area contributed by atoms with Crippen LogP contribution in [0.4, 0.5) is 18.9 Å².